The number of fused-ring (bicyclic) bond motifs is 1. The van der Waals surface area contributed by atoms with E-state index in [-0.39, 0.29) is 5.54 Å². The van der Waals surface area contributed by atoms with Gasteiger partial charge in [-0.1, -0.05) is 30.4 Å². The van der Waals surface area contributed by atoms with Crippen LogP contribution in [0.2, 0.25) is 0 Å². The third kappa shape index (κ3) is 1.83. The van der Waals surface area contributed by atoms with Crippen molar-refractivity contribution in [2.24, 2.45) is 0 Å². The average molecular weight is 244 g/mol. The van der Waals surface area contributed by atoms with E-state index in [4.69, 9.17) is 5.11 Å². The SMILES string of the molecule is O=C(O)N1CCC2(C=Cc3ccccc3N2)CC1. The van der Waals surface area contributed by atoms with Gasteiger partial charge < -0.3 is 15.3 Å². The lowest BCUT2D eigenvalue weighted by Gasteiger charge is -2.42. The molecule has 18 heavy (non-hydrogen) atoms. The summed E-state index contributed by atoms with van der Waals surface area (Å²) in [5, 5.41) is 12.5. The van der Waals surface area contributed by atoms with Crippen LogP contribution in [0, 0.1) is 0 Å². The van der Waals surface area contributed by atoms with E-state index in [9.17, 15) is 4.79 Å². The molecule has 0 saturated carbocycles. The molecule has 1 saturated heterocycles. The van der Waals surface area contributed by atoms with Gasteiger partial charge in [0.05, 0.1) is 5.54 Å². The second-order valence-corrected chi connectivity index (χ2v) is 4.97. The normalized spacial score (nSPS) is 20.3. The molecule has 1 amide bonds. The fourth-order valence-electron chi connectivity index (χ4n) is 2.70. The van der Waals surface area contributed by atoms with Crippen LogP contribution in [0.4, 0.5) is 10.5 Å². The van der Waals surface area contributed by atoms with Crippen molar-refractivity contribution in [2.45, 2.75) is 18.4 Å². The van der Waals surface area contributed by atoms with Gasteiger partial charge in [-0.15, -0.1) is 0 Å². The Morgan fingerprint density at radius 1 is 1.28 bits per heavy atom. The smallest absolute Gasteiger partial charge is 0.407 e. The largest absolute Gasteiger partial charge is 0.465 e. The van der Waals surface area contributed by atoms with Crippen LogP contribution in [0.25, 0.3) is 6.08 Å². The predicted molar refractivity (Wildman–Crippen MR) is 70.7 cm³/mol. The summed E-state index contributed by atoms with van der Waals surface area (Å²) in [6.07, 6.45) is 5.16. The number of carbonyl (C=O) groups is 1. The zero-order valence-electron chi connectivity index (χ0n) is 10.1. The molecule has 4 heteroatoms. The first kappa shape index (κ1) is 11.1. The van der Waals surface area contributed by atoms with E-state index < -0.39 is 6.09 Å². The number of hydrogen-bond donors (Lipinski definition) is 2. The van der Waals surface area contributed by atoms with Crippen molar-refractivity contribution >= 4 is 17.9 Å². The zero-order valence-corrected chi connectivity index (χ0v) is 10.1. The van der Waals surface area contributed by atoms with Gasteiger partial charge in [0, 0.05) is 18.8 Å². The van der Waals surface area contributed by atoms with Crippen LogP contribution in [0.3, 0.4) is 0 Å². The Morgan fingerprint density at radius 2 is 2.00 bits per heavy atom. The first-order chi connectivity index (χ1) is 8.69. The highest BCUT2D eigenvalue weighted by Gasteiger charge is 2.35. The van der Waals surface area contributed by atoms with E-state index in [0.717, 1.165) is 18.5 Å². The molecule has 2 aliphatic rings. The lowest BCUT2D eigenvalue weighted by molar-refractivity contribution is 0.127. The first-order valence-corrected chi connectivity index (χ1v) is 6.23. The molecule has 1 aromatic rings. The van der Waals surface area contributed by atoms with Gasteiger partial charge in [0.15, 0.2) is 0 Å². The second-order valence-electron chi connectivity index (χ2n) is 4.97. The van der Waals surface area contributed by atoms with Crippen LogP contribution >= 0.6 is 0 Å². The minimum absolute atomic E-state index is 0.0691. The van der Waals surface area contributed by atoms with Crippen molar-refractivity contribution in [3.05, 3.63) is 35.9 Å². The summed E-state index contributed by atoms with van der Waals surface area (Å²) < 4.78 is 0. The Hall–Kier alpha value is -1.97. The Kier molecular flexibility index (Phi) is 2.51. The lowest BCUT2D eigenvalue weighted by Crippen LogP contribution is -2.50. The molecule has 0 bridgehead atoms. The molecule has 0 radical (unpaired) electrons. The third-order valence-electron chi connectivity index (χ3n) is 3.85. The topological polar surface area (TPSA) is 52.6 Å². The number of nitrogens with zero attached hydrogens (tertiary/aromatic N) is 1. The fraction of sp³-hybridized carbons (Fsp3) is 0.357. The van der Waals surface area contributed by atoms with Gasteiger partial charge in [-0.25, -0.2) is 4.79 Å². The van der Waals surface area contributed by atoms with E-state index in [2.05, 4.69) is 29.6 Å². The summed E-state index contributed by atoms with van der Waals surface area (Å²) in [4.78, 5) is 12.4. The van der Waals surface area contributed by atoms with Crippen molar-refractivity contribution < 1.29 is 9.90 Å². The number of piperidine rings is 1. The van der Waals surface area contributed by atoms with Gasteiger partial charge >= 0.3 is 6.09 Å². The van der Waals surface area contributed by atoms with E-state index in [1.165, 1.54) is 10.5 Å². The van der Waals surface area contributed by atoms with Crippen molar-refractivity contribution in [2.75, 3.05) is 18.4 Å². The fourth-order valence-corrected chi connectivity index (χ4v) is 2.70. The van der Waals surface area contributed by atoms with Crippen LogP contribution in [-0.4, -0.2) is 34.7 Å². The summed E-state index contributed by atoms with van der Waals surface area (Å²) >= 11 is 0. The van der Waals surface area contributed by atoms with Crippen LogP contribution in [0.1, 0.15) is 18.4 Å². The van der Waals surface area contributed by atoms with Gasteiger partial charge in [0.25, 0.3) is 0 Å². The highest BCUT2D eigenvalue weighted by atomic mass is 16.4. The number of carboxylic acid groups (broad SMARTS) is 1. The molecule has 0 unspecified atom stereocenters. The maximum absolute atomic E-state index is 10.9. The molecule has 1 spiro atoms. The average Bonchev–Trinajstić information content (AvgIpc) is 2.39. The summed E-state index contributed by atoms with van der Waals surface area (Å²) in [5.74, 6) is 0. The quantitative estimate of drug-likeness (QED) is 0.737. The van der Waals surface area contributed by atoms with Crippen molar-refractivity contribution in [1.82, 2.24) is 4.90 Å². The molecule has 4 nitrogen and oxygen atoms in total. The maximum atomic E-state index is 10.9. The van der Waals surface area contributed by atoms with Gasteiger partial charge in [0.2, 0.25) is 0 Å². The molecule has 0 atom stereocenters. The first-order valence-electron chi connectivity index (χ1n) is 6.23. The molecule has 1 aromatic carbocycles. The van der Waals surface area contributed by atoms with Gasteiger partial charge in [-0.3, -0.25) is 0 Å². The molecule has 2 heterocycles. The highest BCUT2D eigenvalue weighted by molar-refractivity contribution is 5.72. The molecule has 2 N–H and O–H groups in total. The molecule has 94 valence electrons. The Balaban J connectivity index is 1.79. The van der Waals surface area contributed by atoms with Gasteiger partial charge in [0.1, 0.15) is 0 Å². The van der Waals surface area contributed by atoms with Crippen LogP contribution < -0.4 is 5.32 Å². The molecule has 0 aromatic heterocycles. The van der Waals surface area contributed by atoms with Crippen LogP contribution in [0.15, 0.2) is 30.3 Å². The minimum Gasteiger partial charge on any atom is -0.465 e. The Morgan fingerprint density at radius 3 is 2.72 bits per heavy atom. The second kappa shape index (κ2) is 4.05. The lowest BCUT2D eigenvalue weighted by atomic mass is 9.84. The third-order valence-corrected chi connectivity index (χ3v) is 3.85. The minimum atomic E-state index is -0.815. The molecular weight excluding hydrogens is 228 g/mol. The Bertz CT molecular complexity index is 502. The monoisotopic (exact) mass is 244 g/mol. The standard InChI is InChI=1S/C14H16N2O2/c17-13(18)16-9-7-14(8-10-16)6-5-11-3-1-2-4-12(11)15-14/h1-6,15H,7-10H2,(H,17,18). The molecule has 1 fully saturated rings. The number of hydrogen-bond acceptors (Lipinski definition) is 2. The number of anilines is 1. The number of benzene rings is 1. The Labute approximate surface area is 106 Å². The van der Waals surface area contributed by atoms with E-state index in [1.54, 1.807) is 0 Å². The van der Waals surface area contributed by atoms with Crippen molar-refractivity contribution in [3.8, 4) is 0 Å². The number of rotatable bonds is 0. The van der Waals surface area contributed by atoms with Crippen LogP contribution in [-0.2, 0) is 0 Å². The molecule has 2 aliphatic heterocycles. The highest BCUT2D eigenvalue weighted by Crippen LogP contribution is 2.34. The summed E-state index contributed by atoms with van der Waals surface area (Å²) in [5.41, 5.74) is 2.27. The zero-order chi connectivity index (χ0) is 12.6. The summed E-state index contributed by atoms with van der Waals surface area (Å²) in [6.45, 7) is 1.18. The number of nitrogens with one attached hydrogen (secondary N) is 1. The van der Waals surface area contributed by atoms with Crippen molar-refractivity contribution in [1.29, 1.82) is 0 Å². The van der Waals surface area contributed by atoms with Crippen molar-refractivity contribution in [3.63, 3.8) is 0 Å². The molecule has 3 rings (SSSR count). The van der Waals surface area contributed by atoms with Gasteiger partial charge in [-0.05, 0) is 24.5 Å². The van der Waals surface area contributed by atoms with E-state index >= 15 is 0 Å². The number of amides is 1. The van der Waals surface area contributed by atoms with E-state index in [0.29, 0.717) is 13.1 Å². The maximum Gasteiger partial charge on any atom is 0.407 e. The molecular formula is C14H16N2O2. The number of para-hydroxylation sites is 1. The van der Waals surface area contributed by atoms with Gasteiger partial charge in [-0.2, -0.15) is 0 Å². The number of likely N-dealkylation sites (tertiary alicyclic amines) is 1. The van der Waals surface area contributed by atoms with E-state index in [1.807, 2.05) is 12.1 Å². The molecule has 0 aliphatic carbocycles. The van der Waals surface area contributed by atoms with Crippen LogP contribution in [0.5, 0.6) is 0 Å². The predicted octanol–water partition coefficient (Wildman–Crippen LogP) is 2.64. The summed E-state index contributed by atoms with van der Waals surface area (Å²) in [7, 11) is 0. The summed E-state index contributed by atoms with van der Waals surface area (Å²) in [6, 6.07) is 8.20.